The minimum atomic E-state index is -0.615. The first-order chi connectivity index (χ1) is 18.5. The Bertz CT molecular complexity index is 1580. The molecule has 9 heteroatoms. The third kappa shape index (κ3) is 4.77. The number of ether oxygens (including phenoxy) is 2. The van der Waals surface area contributed by atoms with Crippen LogP contribution < -0.4 is 19.9 Å². The van der Waals surface area contributed by atoms with Crippen LogP contribution in [0.5, 0.6) is 11.5 Å². The highest BCUT2D eigenvalue weighted by atomic mass is 16.6. The average molecular weight is 510 g/mol. The number of carbonyl (C=O) groups is 2. The lowest BCUT2D eigenvalue weighted by atomic mass is 10.1. The molecule has 1 N–H and O–H groups in total. The van der Waals surface area contributed by atoms with E-state index in [1.165, 1.54) is 18.2 Å². The number of fused-ring (bicyclic) bond motifs is 1. The molecule has 0 atom stereocenters. The van der Waals surface area contributed by atoms with Crippen molar-refractivity contribution in [3.63, 3.8) is 0 Å². The van der Waals surface area contributed by atoms with Crippen molar-refractivity contribution in [2.75, 3.05) is 11.6 Å². The predicted molar refractivity (Wildman–Crippen MR) is 143 cm³/mol. The molecule has 0 unspecified atom stereocenters. The number of nitro benzene ring substituents is 1. The highest BCUT2D eigenvalue weighted by molar-refractivity contribution is 6.31. The molecule has 190 valence electrons. The zero-order valence-electron chi connectivity index (χ0n) is 20.4. The highest BCUT2D eigenvalue weighted by Gasteiger charge is 2.35. The number of hydrazine groups is 1. The van der Waals surface area contributed by atoms with Crippen molar-refractivity contribution in [3.8, 4) is 11.5 Å². The maximum atomic E-state index is 13.0. The van der Waals surface area contributed by atoms with E-state index in [1.54, 1.807) is 37.3 Å². The fourth-order valence-electron chi connectivity index (χ4n) is 4.29. The van der Waals surface area contributed by atoms with Crippen LogP contribution in [0.1, 0.15) is 18.1 Å². The van der Waals surface area contributed by atoms with E-state index in [-0.39, 0.29) is 41.5 Å². The zero-order valence-corrected chi connectivity index (χ0v) is 20.4. The number of nitrogens with one attached hydrogen (secondary N) is 1. The molecule has 1 saturated heterocycles. The lowest BCUT2D eigenvalue weighted by Crippen LogP contribution is -2.35. The largest absolute Gasteiger partial charge is 0.490 e. The van der Waals surface area contributed by atoms with Gasteiger partial charge in [-0.05, 0) is 53.1 Å². The van der Waals surface area contributed by atoms with Crippen LogP contribution in [0.2, 0.25) is 0 Å². The molecule has 1 aliphatic heterocycles. The fraction of sp³-hybridized carbons (Fsp3) is 0.103. The van der Waals surface area contributed by atoms with E-state index in [4.69, 9.17) is 9.47 Å². The summed E-state index contributed by atoms with van der Waals surface area (Å²) in [5.41, 5.74) is 3.63. The van der Waals surface area contributed by atoms with E-state index in [0.29, 0.717) is 5.69 Å². The molecule has 4 aromatic carbocycles. The number of amides is 2. The fourth-order valence-corrected chi connectivity index (χ4v) is 4.29. The van der Waals surface area contributed by atoms with Gasteiger partial charge in [0.25, 0.3) is 11.8 Å². The molecule has 1 fully saturated rings. The van der Waals surface area contributed by atoms with Gasteiger partial charge in [-0.3, -0.25) is 25.1 Å². The summed E-state index contributed by atoms with van der Waals surface area (Å²) < 4.78 is 11.7. The lowest BCUT2D eigenvalue weighted by molar-refractivity contribution is -0.386. The number of nitro groups is 1. The van der Waals surface area contributed by atoms with Gasteiger partial charge in [0.05, 0.1) is 17.2 Å². The van der Waals surface area contributed by atoms with E-state index in [1.807, 2.05) is 42.5 Å². The number of benzene rings is 4. The second kappa shape index (κ2) is 10.4. The molecule has 0 radical (unpaired) electrons. The Morgan fingerprint density at radius 2 is 1.68 bits per heavy atom. The van der Waals surface area contributed by atoms with Gasteiger partial charge in [-0.25, -0.2) is 5.01 Å². The number of carbonyl (C=O) groups excluding carboxylic acids is 2. The summed E-state index contributed by atoms with van der Waals surface area (Å²) >= 11 is 0. The van der Waals surface area contributed by atoms with Gasteiger partial charge in [0.2, 0.25) is 5.75 Å². The van der Waals surface area contributed by atoms with Gasteiger partial charge >= 0.3 is 5.69 Å². The molecule has 4 aromatic rings. The number of hydrogen-bond donors (Lipinski definition) is 1. The van der Waals surface area contributed by atoms with Crippen molar-refractivity contribution in [2.45, 2.75) is 13.5 Å². The van der Waals surface area contributed by atoms with Gasteiger partial charge in [-0.15, -0.1) is 0 Å². The summed E-state index contributed by atoms with van der Waals surface area (Å²) in [6.07, 6.45) is 1.31. The topological polar surface area (TPSA) is 111 Å². The normalized spacial score (nSPS) is 14.1. The minimum Gasteiger partial charge on any atom is -0.490 e. The Hall–Kier alpha value is -5.18. The first-order valence-corrected chi connectivity index (χ1v) is 11.9. The molecule has 0 saturated carbocycles. The number of hydrogen-bond acceptors (Lipinski definition) is 6. The maximum absolute atomic E-state index is 13.0. The summed E-state index contributed by atoms with van der Waals surface area (Å²) in [6.45, 7) is 2.05. The molecule has 38 heavy (non-hydrogen) atoms. The molecule has 0 spiro atoms. The first kappa shape index (κ1) is 24.5. The molecular weight excluding hydrogens is 486 g/mol. The second-order valence-corrected chi connectivity index (χ2v) is 8.46. The van der Waals surface area contributed by atoms with Crippen LogP contribution in [0.15, 0.2) is 90.5 Å². The third-order valence-electron chi connectivity index (χ3n) is 6.02. The monoisotopic (exact) mass is 509 g/mol. The van der Waals surface area contributed by atoms with E-state index in [0.717, 1.165) is 21.3 Å². The van der Waals surface area contributed by atoms with Crippen LogP contribution in [0.4, 0.5) is 11.4 Å². The molecular formula is C29H23N3O6. The predicted octanol–water partition coefficient (Wildman–Crippen LogP) is 5.19. The van der Waals surface area contributed by atoms with Crippen molar-refractivity contribution >= 4 is 40.0 Å². The number of anilines is 1. The smallest absolute Gasteiger partial charge is 0.315 e. The second-order valence-electron chi connectivity index (χ2n) is 8.46. The lowest BCUT2D eigenvalue weighted by Gasteiger charge is -2.14. The Kier molecular flexibility index (Phi) is 6.73. The van der Waals surface area contributed by atoms with Gasteiger partial charge in [-0.1, -0.05) is 60.7 Å². The summed E-state index contributed by atoms with van der Waals surface area (Å²) in [4.78, 5) is 37.1. The summed E-state index contributed by atoms with van der Waals surface area (Å²) in [7, 11) is 0. The molecule has 1 heterocycles. The SMILES string of the molecule is CCOc1cc(/C=C2/C(=O)NN(c3ccccc3)C2=O)cc([N+](=O)[O-])c1OCc1cccc2ccccc12. The maximum Gasteiger partial charge on any atom is 0.315 e. The van der Waals surface area contributed by atoms with Crippen molar-refractivity contribution in [1.29, 1.82) is 0 Å². The van der Waals surface area contributed by atoms with E-state index >= 15 is 0 Å². The zero-order chi connectivity index (χ0) is 26.6. The van der Waals surface area contributed by atoms with Crippen LogP contribution >= 0.6 is 0 Å². The van der Waals surface area contributed by atoms with Crippen molar-refractivity contribution in [1.82, 2.24) is 5.43 Å². The van der Waals surface area contributed by atoms with E-state index < -0.39 is 16.7 Å². The van der Waals surface area contributed by atoms with E-state index in [2.05, 4.69) is 5.43 Å². The third-order valence-corrected chi connectivity index (χ3v) is 6.02. The number of nitrogens with zero attached hydrogens (tertiary/aromatic N) is 2. The molecule has 2 amide bonds. The van der Waals surface area contributed by atoms with Crippen LogP contribution in [-0.2, 0) is 16.2 Å². The standard InChI is InChI=1S/C29H23N3O6/c1-2-37-26-17-19(15-24-28(33)30-31(29(24)34)22-12-4-3-5-13-22)16-25(32(35)36)27(26)38-18-21-11-8-10-20-9-6-7-14-23(20)21/h3-17H,2,18H2,1H3,(H,30,33)/b24-15-. The molecule has 0 bridgehead atoms. The Morgan fingerprint density at radius 3 is 2.45 bits per heavy atom. The van der Waals surface area contributed by atoms with Crippen LogP contribution in [0, 0.1) is 10.1 Å². The van der Waals surface area contributed by atoms with Crippen LogP contribution in [0.25, 0.3) is 16.8 Å². The van der Waals surface area contributed by atoms with Gasteiger partial charge in [0.15, 0.2) is 5.75 Å². The summed E-state index contributed by atoms with van der Waals surface area (Å²) in [6, 6.07) is 25.0. The van der Waals surface area contributed by atoms with Gasteiger partial charge in [-0.2, -0.15) is 0 Å². The van der Waals surface area contributed by atoms with Crippen LogP contribution in [0.3, 0.4) is 0 Å². The van der Waals surface area contributed by atoms with Crippen molar-refractivity contribution < 1.29 is 24.0 Å². The first-order valence-electron chi connectivity index (χ1n) is 11.9. The quantitative estimate of drug-likeness (QED) is 0.152. The average Bonchev–Trinajstić information content (AvgIpc) is 3.21. The van der Waals surface area contributed by atoms with Crippen LogP contribution in [-0.4, -0.2) is 23.3 Å². The molecule has 0 aliphatic carbocycles. The van der Waals surface area contributed by atoms with Gasteiger partial charge in [0.1, 0.15) is 12.2 Å². The Labute approximate surface area is 218 Å². The number of para-hydroxylation sites is 1. The number of rotatable bonds is 8. The molecule has 1 aliphatic rings. The molecule has 0 aromatic heterocycles. The minimum absolute atomic E-state index is 0.0277. The Morgan fingerprint density at radius 1 is 0.947 bits per heavy atom. The summed E-state index contributed by atoms with van der Waals surface area (Å²) in [5, 5.41) is 15.2. The van der Waals surface area contributed by atoms with Gasteiger partial charge in [0, 0.05) is 6.07 Å². The molecule has 9 nitrogen and oxygen atoms in total. The van der Waals surface area contributed by atoms with Crippen molar-refractivity contribution in [2.24, 2.45) is 0 Å². The van der Waals surface area contributed by atoms with E-state index in [9.17, 15) is 19.7 Å². The highest BCUT2D eigenvalue weighted by Crippen LogP contribution is 2.40. The summed E-state index contributed by atoms with van der Waals surface area (Å²) in [5.74, 6) is -1.08. The molecule has 5 rings (SSSR count). The Balaban J connectivity index is 1.50. The van der Waals surface area contributed by atoms with Gasteiger partial charge < -0.3 is 9.47 Å². The van der Waals surface area contributed by atoms with Crippen molar-refractivity contribution in [3.05, 3.63) is 112 Å².